The molecule has 0 spiro atoms. The Morgan fingerprint density at radius 1 is 1.11 bits per heavy atom. The van der Waals surface area contributed by atoms with E-state index in [1.807, 2.05) is 27.7 Å². The molecule has 2 aromatic carbocycles. The highest BCUT2D eigenvalue weighted by Crippen LogP contribution is 2.34. The molecule has 0 unspecified atom stereocenters. The minimum atomic E-state index is -1.12. The molecule has 1 aliphatic rings. The highest BCUT2D eigenvalue weighted by molar-refractivity contribution is 5.84. The van der Waals surface area contributed by atoms with Crippen molar-refractivity contribution in [3.63, 3.8) is 0 Å². The third kappa shape index (κ3) is 5.88. The number of carbonyl (C=O) groups is 2. The molecule has 0 radical (unpaired) electrons. The van der Waals surface area contributed by atoms with Crippen molar-refractivity contribution < 1.29 is 37.3 Å². The molecule has 1 aliphatic heterocycles. The molecule has 2 heterocycles. The Morgan fingerprint density at radius 2 is 1.82 bits per heavy atom. The fourth-order valence-corrected chi connectivity index (χ4v) is 4.12. The average Bonchev–Trinajstić information content (AvgIpc) is 3.27. The molecule has 11 heteroatoms. The minimum absolute atomic E-state index is 0.244. The van der Waals surface area contributed by atoms with Crippen LogP contribution in [0, 0.1) is 17.0 Å². The van der Waals surface area contributed by atoms with E-state index >= 15 is 0 Å². The highest BCUT2D eigenvalue weighted by atomic mass is 19.2. The molecule has 1 fully saturated rings. The first-order valence-electron chi connectivity index (χ1n) is 12.2. The number of methoxy groups -OCH3 is 1. The molecule has 0 atom stereocenters. The maximum atomic E-state index is 14.2. The second-order valence-electron chi connectivity index (χ2n) is 10.5. The number of aromatic nitrogens is 2. The second kappa shape index (κ2) is 10.6. The number of ether oxygens (including phenoxy) is 4. The number of amides is 1. The van der Waals surface area contributed by atoms with Gasteiger partial charge >= 0.3 is 12.1 Å². The number of likely N-dealkylation sites (tertiary alicyclic amines) is 1. The van der Waals surface area contributed by atoms with Crippen molar-refractivity contribution in [1.29, 1.82) is 0 Å². The van der Waals surface area contributed by atoms with Crippen LogP contribution in [-0.4, -0.2) is 59.3 Å². The minimum Gasteiger partial charge on any atom is -0.464 e. The van der Waals surface area contributed by atoms with E-state index in [0.29, 0.717) is 42.6 Å². The van der Waals surface area contributed by atoms with E-state index in [0.717, 1.165) is 6.07 Å². The number of hydrogen-bond acceptors (Lipinski definition) is 7. The molecule has 1 aromatic heterocycles. The van der Waals surface area contributed by atoms with Crippen LogP contribution in [0.4, 0.5) is 13.6 Å². The van der Waals surface area contributed by atoms with E-state index < -0.39 is 34.7 Å². The lowest BCUT2D eigenvalue weighted by molar-refractivity contribution is -0.147. The van der Waals surface area contributed by atoms with E-state index in [9.17, 15) is 18.4 Å². The van der Waals surface area contributed by atoms with Crippen molar-refractivity contribution in [2.75, 3.05) is 27.0 Å². The Morgan fingerprint density at radius 3 is 2.47 bits per heavy atom. The summed E-state index contributed by atoms with van der Waals surface area (Å²) in [7, 11) is 1.37. The molecule has 0 aliphatic carbocycles. The van der Waals surface area contributed by atoms with Gasteiger partial charge in [-0.3, -0.25) is 4.79 Å². The normalized spacial score (nSPS) is 15.4. The maximum Gasteiger partial charge on any atom is 0.410 e. The standard InChI is InChI=1S/C27H31F2N3O6/c1-26(2,3)38-25(34)31-10-8-27(4,9-11-31)24(33)37-19-6-7-21-17(12-19)15-30-32(21)18-13-20(28)23(29)22(14-18)36-16-35-5/h6-7,12-15H,8-11,16H2,1-5H3. The van der Waals surface area contributed by atoms with Crippen molar-refractivity contribution >= 4 is 23.0 Å². The summed E-state index contributed by atoms with van der Waals surface area (Å²) in [5.41, 5.74) is -0.514. The van der Waals surface area contributed by atoms with Gasteiger partial charge in [0, 0.05) is 37.7 Å². The van der Waals surface area contributed by atoms with E-state index in [1.165, 1.54) is 24.1 Å². The summed E-state index contributed by atoms with van der Waals surface area (Å²) in [6.07, 6.45) is 2.02. The van der Waals surface area contributed by atoms with Crippen molar-refractivity contribution in [3.05, 3.63) is 48.2 Å². The van der Waals surface area contributed by atoms with Gasteiger partial charge < -0.3 is 23.8 Å². The highest BCUT2D eigenvalue weighted by Gasteiger charge is 2.40. The zero-order valence-corrected chi connectivity index (χ0v) is 22.0. The lowest BCUT2D eigenvalue weighted by Crippen LogP contribution is -2.47. The van der Waals surface area contributed by atoms with Gasteiger partial charge in [0.05, 0.1) is 22.8 Å². The third-order valence-electron chi connectivity index (χ3n) is 6.32. The molecule has 1 amide bonds. The lowest BCUT2D eigenvalue weighted by atomic mass is 9.80. The fourth-order valence-electron chi connectivity index (χ4n) is 4.12. The number of benzene rings is 2. The first kappa shape index (κ1) is 27.3. The van der Waals surface area contributed by atoms with Crippen LogP contribution >= 0.6 is 0 Å². The Bertz CT molecular complexity index is 1340. The van der Waals surface area contributed by atoms with Gasteiger partial charge in [-0.15, -0.1) is 0 Å². The summed E-state index contributed by atoms with van der Waals surface area (Å²) in [5.74, 6) is -2.58. The molecule has 1 saturated heterocycles. The van der Waals surface area contributed by atoms with Crippen molar-refractivity contribution in [1.82, 2.24) is 14.7 Å². The molecular weight excluding hydrogens is 500 g/mol. The molecule has 0 bridgehead atoms. The molecule has 3 aromatic rings. The van der Waals surface area contributed by atoms with Crippen LogP contribution in [0.2, 0.25) is 0 Å². The van der Waals surface area contributed by atoms with Gasteiger partial charge in [0.1, 0.15) is 11.4 Å². The number of nitrogens with zero attached hydrogens (tertiary/aromatic N) is 3. The molecule has 38 heavy (non-hydrogen) atoms. The molecule has 204 valence electrons. The number of halogens is 2. The van der Waals surface area contributed by atoms with E-state index in [1.54, 1.807) is 23.1 Å². The van der Waals surface area contributed by atoms with Gasteiger partial charge in [0.15, 0.2) is 18.4 Å². The Kier molecular flexibility index (Phi) is 7.59. The van der Waals surface area contributed by atoms with Gasteiger partial charge in [0.25, 0.3) is 0 Å². The summed E-state index contributed by atoms with van der Waals surface area (Å²) in [6, 6.07) is 7.27. The summed E-state index contributed by atoms with van der Waals surface area (Å²) >= 11 is 0. The van der Waals surface area contributed by atoms with Crippen LogP contribution in [0.1, 0.15) is 40.5 Å². The summed E-state index contributed by atoms with van der Waals surface area (Å²) in [4.78, 5) is 27.0. The Hall–Kier alpha value is -3.73. The lowest BCUT2D eigenvalue weighted by Gasteiger charge is -2.37. The monoisotopic (exact) mass is 531 g/mol. The van der Waals surface area contributed by atoms with Gasteiger partial charge in [-0.1, -0.05) is 0 Å². The van der Waals surface area contributed by atoms with E-state index in [-0.39, 0.29) is 18.2 Å². The molecule has 9 nitrogen and oxygen atoms in total. The van der Waals surface area contributed by atoms with Crippen LogP contribution in [0.5, 0.6) is 11.5 Å². The molecule has 4 rings (SSSR count). The molecule has 0 N–H and O–H groups in total. The molecule has 0 saturated carbocycles. The smallest absolute Gasteiger partial charge is 0.410 e. The number of hydrogen-bond donors (Lipinski definition) is 0. The van der Waals surface area contributed by atoms with Crippen LogP contribution in [0.3, 0.4) is 0 Å². The summed E-state index contributed by atoms with van der Waals surface area (Å²) in [6.45, 7) is 7.78. The predicted octanol–water partition coefficient (Wildman–Crippen LogP) is 5.23. The van der Waals surface area contributed by atoms with Crippen LogP contribution in [-0.2, 0) is 14.3 Å². The van der Waals surface area contributed by atoms with Crippen molar-refractivity contribution in [3.8, 4) is 17.2 Å². The Balaban J connectivity index is 1.47. The first-order valence-corrected chi connectivity index (χ1v) is 12.2. The maximum absolute atomic E-state index is 14.2. The number of fused-ring (bicyclic) bond motifs is 1. The SMILES string of the molecule is COCOc1cc(-n2ncc3cc(OC(=O)C4(C)CCN(C(=O)OC(C)(C)C)CC4)ccc32)cc(F)c1F. The Labute approximate surface area is 219 Å². The van der Waals surface area contributed by atoms with Crippen LogP contribution in [0.15, 0.2) is 36.5 Å². The van der Waals surface area contributed by atoms with Crippen molar-refractivity contribution in [2.24, 2.45) is 5.41 Å². The quantitative estimate of drug-likeness (QED) is 0.244. The van der Waals surface area contributed by atoms with E-state index in [4.69, 9.17) is 18.9 Å². The summed E-state index contributed by atoms with van der Waals surface area (Å²) < 4.78 is 50.7. The first-order chi connectivity index (χ1) is 17.9. The van der Waals surface area contributed by atoms with Gasteiger partial charge in [-0.2, -0.15) is 9.49 Å². The topological polar surface area (TPSA) is 92.1 Å². The van der Waals surface area contributed by atoms with Gasteiger partial charge in [0.2, 0.25) is 5.82 Å². The number of piperidine rings is 1. The number of carbonyl (C=O) groups excluding carboxylic acids is 2. The predicted molar refractivity (Wildman–Crippen MR) is 134 cm³/mol. The zero-order valence-electron chi connectivity index (χ0n) is 22.0. The van der Waals surface area contributed by atoms with Crippen LogP contribution in [0.25, 0.3) is 16.6 Å². The number of rotatable bonds is 6. The second-order valence-corrected chi connectivity index (χ2v) is 10.5. The fraction of sp³-hybridized carbons (Fsp3) is 0.444. The van der Waals surface area contributed by atoms with Gasteiger partial charge in [-0.05, 0) is 58.7 Å². The number of esters is 1. The van der Waals surface area contributed by atoms with Crippen molar-refractivity contribution in [2.45, 2.75) is 46.1 Å². The zero-order chi connectivity index (χ0) is 27.7. The van der Waals surface area contributed by atoms with E-state index in [2.05, 4.69) is 5.10 Å². The molecular formula is C27H31F2N3O6. The largest absolute Gasteiger partial charge is 0.464 e. The van der Waals surface area contributed by atoms with Gasteiger partial charge in [-0.25, -0.2) is 13.9 Å². The third-order valence-corrected chi connectivity index (χ3v) is 6.32. The van der Waals surface area contributed by atoms with Crippen LogP contribution < -0.4 is 9.47 Å². The average molecular weight is 532 g/mol. The summed E-state index contributed by atoms with van der Waals surface area (Å²) in [5, 5.41) is 4.91.